The van der Waals surface area contributed by atoms with Crippen LogP contribution in [0, 0.1) is 0 Å². The topological polar surface area (TPSA) is 46.6 Å². The molecule has 0 aliphatic carbocycles. The first-order valence-electron chi connectivity index (χ1n) is 6.18. The van der Waals surface area contributed by atoms with Crippen molar-refractivity contribution in [1.29, 1.82) is 0 Å². The Morgan fingerprint density at radius 1 is 1.25 bits per heavy atom. The third-order valence-electron chi connectivity index (χ3n) is 2.93. The molecule has 0 atom stereocenters. The first-order valence-corrected chi connectivity index (χ1v) is 6.94. The summed E-state index contributed by atoms with van der Waals surface area (Å²) in [7, 11) is 2.99. The average Bonchev–Trinajstić information content (AvgIpc) is 2.42. The highest BCUT2D eigenvalue weighted by Crippen LogP contribution is 2.22. The Labute approximate surface area is 128 Å². The molecule has 0 unspecified atom stereocenters. The molecule has 0 aliphatic rings. The minimum atomic E-state index is -0.328. The van der Waals surface area contributed by atoms with Crippen molar-refractivity contribution in [2.24, 2.45) is 0 Å². The first kappa shape index (κ1) is 16.8. The summed E-state index contributed by atoms with van der Waals surface area (Å²) in [5.41, 5.74) is 0.880. The Balaban J connectivity index is 2.44. The van der Waals surface area contributed by atoms with E-state index >= 15 is 0 Å². The number of benzene rings is 1. The predicted molar refractivity (Wildman–Crippen MR) is 79.1 cm³/mol. The number of hydrogen-bond donors (Lipinski definition) is 0. The van der Waals surface area contributed by atoms with Crippen molar-refractivity contribution in [2.45, 2.75) is 19.3 Å². The highest BCUT2D eigenvalue weighted by molar-refractivity contribution is 6.35. The van der Waals surface area contributed by atoms with Crippen LogP contribution < -0.4 is 0 Å². The van der Waals surface area contributed by atoms with E-state index in [0.29, 0.717) is 29.4 Å². The van der Waals surface area contributed by atoms with Gasteiger partial charge in [0.2, 0.25) is 5.91 Å². The summed E-state index contributed by atoms with van der Waals surface area (Å²) < 4.78 is 4.53. The molecule has 6 heteroatoms. The predicted octanol–water partition coefficient (Wildman–Crippen LogP) is 2.95. The van der Waals surface area contributed by atoms with E-state index in [4.69, 9.17) is 23.2 Å². The van der Waals surface area contributed by atoms with Crippen LogP contribution in [0.1, 0.15) is 18.4 Å². The van der Waals surface area contributed by atoms with Crippen molar-refractivity contribution in [3.05, 3.63) is 33.8 Å². The minimum Gasteiger partial charge on any atom is -0.469 e. The lowest BCUT2D eigenvalue weighted by molar-refractivity contribution is -0.141. The maximum absolute atomic E-state index is 11.9. The second-order valence-corrected chi connectivity index (χ2v) is 5.22. The number of aryl methyl sites for hydroxylation is 1. The highest BCUT2D eigenvalue weighted by Gasteiger charge is 2.12. The van der Waals surface area contributed by atoms with Gasteiger partial charge in [0, 0.05) is 30.1 Å². The maximum Gasteiger partial charge on any atom is 0.307 e. The van der Waals surface area contributed by atoms with Gasteiger partial charge in [0.05, 0.1) is 13.5 Å². The van der Waals surface area contributed by atoms with Gasteiger partial charge in [-0.25, -0.2) is 0 Å². The van der Waals surface area contributed by atoms with Crippen LogP contribution in [-0.4, -0.2) is 37.5 Å². The number of amides is 1. The fourth-order valence-electron chi connectivity index (χ4n) is 1.64. The van der Waals surface area contributed by atoms with Gasteiger partial charge in [-0.2, -0.15) is 0 Å². The Kier molecular flexibility index (Phi) is 6.82. The number of halogens is 2. The first-order chi connectivity index (χ1) is 9.43. The van der Waals surface area contributed by atoms with Gasteiger partial charge in [0.15, 0.2) is 0 Å². The van der Waals surface area contributed by atoms with Crippen LogP contribution in [0.5, 0.6) is 0 Å². The standard InChI is InChI=1S/C14H17Cl2NO3/c1-17(8-7-14(19)20-2)13(18)6-4-10-3-5-11(15)9-12(10)16/h3,5,9H,4,6-8H2,1-2H3. The molecule has 0 radical (unpaired) electrons. The molecular weight excluding hydrogens is 301 g/mol. The van der Waals surface area contributed by atoms with E-state index < -0.39 is 0 Å². The quantitative estimate of drug-likeness (QED) is 0.758. The van der Waals surface area contributed by atoms with Crippen LogP contribution in [-0.2, 0) is 20.7 Å². The van der Waals surface area contributed by atoms with Crippen LogP contribution in [0.4, 0.5) is 0 Å². The SMILES string of the molecule is COC(=O)CCN(C)C(=O)CCc1ccc(Cl)cc1Cl. The van der Waals surface area contributed by atoms with Crippen LogP contribution in [0.25, 0.3) is 0 Å². The molecule has 1 rings (SSSR count). The number of esters is 1. The Bertz CT molecular complexity index is 491. The summed E-state index contributed by atoms with van der Waals surface area (Å²) in [5, 5.41) is 1.13. The molecule has 110 valence electrons. The van der Waals surface area contributed by atoms with Crippen molar-refractivity contribution in [1.82, 2.24) is 4.90 Å². The molecule has 1 aromatic rings. The number of hydrogen-bond acceptors (Lipinski definition) is 3. The van der Waals surface area contributed by atoms with Crippen LogP contribution in [0.3, 0.4) is 0 Å². The molecule has 0 N–H and O–H groups in total. The normalized spacial score (nSPS) is 10.2. The molecule has 0 saturated carbocycles. The summed E-state index contributed by atoms with van der Waals surface area (Å²) in [6.45, 7) is 0.347. The number of nitrogens with zero attached hydrogens (tertiary/aromatic N) is 1. The van der Waals surface area contributed by atoms with E-state index in [1.807, 2.05) is 6.07 Å². The number of methoxy groups -OCH3 is 1. The zero-order valence-electron chi connectivity index (χ0n) is 11.5. The lowest BCUT2D eigenvalue weighted by Gasteiger charge is -2.16. The molecule has 1 amide bonds. The molecular formula is C14H17Cl2NO3. The number of carbonyl (C=O) groups is 2. The van der Waals surface area contributed by atoms with Gasteiger partial charge in [0.25, 0.3) is 0 Å². The van der Waals surface area contributed by atoms with Gasteiger partial charge >= 0.3 is 5.97 Å². The fourth-order valence-corrected chi connectivity index (χ4v) is 2.15. The molecule has 4 nitrogen and oxygen atoms in total. The summed E-state index contributed by atoms with van der Waals surface area (Å²) in [4.78, 5) is 24.4. The largest absolute Gasteiger partial charge is 0.469 e. The summed E-state index contributed by atoms with van der Waals surface area (Å²) in [5.74, 6) is -0.370. The number of rotatable bonds is 6. The van der Waals surface area contributed by atoms with Crippen molar-refractivity contribution < 1.29 is 14.3 Å². The fraction of sp³-hybridized carbons (Fsp3) is 0.429. The third kappa shape index (κ3) is 5.39. The molecule has 0 aromatic heterocycles. The van der Waals surface area contributed by atoms with Crippen LogP contribution >= 0.6 is 23.2 Å². The van der Waals surface area contributed by atoms with Gasteiger partial charge in [-0.1, -0.05) is 29.3 Å². The van der Waals surface area contributed by atoms with Crippen molar-refractivity contribution in [3.63, 3.8) is 0 Å². The number of carbonyl (C=O) groups excluding carboxylic acids is 2. The van der Waals surface area contributed by atoms with Gasteiger partial charge < -0.3 is 9.64 Å². The van der Waals surface area contributed by atoms with Crippen molar-refractivity contribution in [2.75, 3.05) is 20.7 Å². The summed E-state index contributed by atoms with van der Waals surface area (Å²) >= 11 is 11.9. The van der Waals surface area contributed by atoms with E-state index in [1.165, 1.54) is 12.0 Å². The Hall–Kier alpha value is -1.26. The third-order valence-corrected chi connectivity index (χ3v) is 3.52. The molecule has 0 aliphatic heterocycles. The second-order valence-electron chi connectivity index (χ2n) is 4.38. The van der Waals surface area contributed by atoms with Crippen LogP contribution in [0.15, 0.2) is 18.2 Å². The lowest BCUT2D eigenvalue weighted by atomic mass is 10.1. The summed E-state index contributed by atoms with van der Waals surface area (Å²) in [6.07, 6.45) is 1.07. The lowest BCUT2D eigenvalue weighted by Crippen LogP contribution is -2.29. The van der Waals surface area contributed by atoms with Gasteiger partial charge in [0.1, 0.15) is 0 Å². The van der Waals surface area contributed by atoms with Gasteiger partial charge in [-0.15, -0.1) is 0 Å². The molecule has 0 fully saturated rings. The molecule has 0 bridgehead atoms. The van der Waals surface area contributed by atoms with Crippen LogP contribution in [0.2, 0.25) is 10.0 Å². The van der Waals surface area contributed by atoms with E-state index in [0.717, 1.165) is 5.56 Å². The Morgan fingerprint density at radius 2 is 1.95 bits per heavy atom. The smallest absolute Gasteiger partial charge is 0.307 e. The molecule has 0 spiro atoms. The van der Waals surface area contributed by atoms with E-state index in [9.17, 15) is 9.59 Å². The Morgan fingerprint density at radius 3 is 2.55 bits per heavy atom. The van der Waals surface area contributed by atoms with Crippen molar-refractivity contribution in [3.8, 4) is 0 Å². The maximum atomic E-state index is 11.9. The molecule has 1 aromatic carbocycles. The zero-order valence-corrected chi connectivity index (χ0v) is 13.0. The monoisotopic (exact) mass is 317 g/mol. The minimum absolute atomic E-state index is 0.0417. The molecule has 0 heterocycles. The number of ether oxygens (including phenoxy) is 1. The van der Waals surface area contributed by atoms with Gasteiger partial charge in [-0.05, 0) is 24.1 Å². The van der Waals surface area contributed by atoms with Gasteiger partial charge in [-0.3, -0.25) is 9.59 Å². The van der Waals surface area contributed by atoms with E-state index in [1.54, 1.807) is 19.2 Å². The molecule has 20 heavy (non-hydrogen) atoms. The van der Waals surface area contributed by atoms with E-state index in [2.05, 4.69) is 4.74 Å². The second kappa shape index (κ2) is 8.12. The summed E-state index contributed by atoms with van der Waals surface area (Å²) in [6, 6.07) is 5.21. The zero-order chi connectivity index (χ0) is 15.1. The average molecular weight is 318 g/mol. The molecule has 0 saturated heterocycles. The highest BCUT2D eigenvalue weighted by atomic mass is 35.5. The van der Waals surface area contributed by atoms with Crippen molar-refractivity contribution >= 4 is 35.1 Å². The van der Waals surface area contributed by atoms with E-state index in [-0.39, 0.29) is 18.3 Å².